The Balaban J connectivity index is 0.00000243. The van der Waals surface area contributed by atoms with Crippen LogP contribution in [0.25, 0.3) is 21.8 Å². The third kappa shape index (κ3) is 3.49. The molecule has 2 aromatic carbocycles. The van der Waals surface area contributed by atoms with Gasteiger partial charge >= 0.3 is 0 Å². The van der Waals surface area contributed by atoms with Gasteiger partial charge in [-0.2, -0.15) is 0 Å². The summed E-state index contributed by atoms with van der Waals surface area (Å²) in [6.07, 6.45) is 0.487. The molecule has 0 bridgehead atoms. The quantitative estimate of drug-likeness (QED) is 0.288. The number of nitrogens with one attached hydrogen (secondary N) is 1. The van der Waals surface area contributed by atoms with Crippen LogP contribution in [0.1, 0.15) is 19.8 Å². The fraction of sp³-hybridized carbons (Fsp3) is 0.278. The molecule has 1 atom stereocenters. The number of para-hydroxylation sites is 1. The lowest BCUT2D eigenvalue weighted by Crippen LogP contribution is -2.18. The highest BCUT2D eigenvalue weighted by molar-refractivity contribution is 6.12. The van der Waals surface area contributed by atoms with Gasteiger partial charge in [0.15, 0.2) is 0 Å². The maximum atomic E-state index is 11.6. The molecule has 0 radical (unpaired) electrons. The van der Waals surface area contributed by atoms with Crippen LogP contribution in [0.15, 0.2) is 36.4 Å². The topological polar surface area (TPSA) is 97.5 Å². The van der Waals surface area contributed by atoms with Crippen LogP contribution < -0.4 is 10.1 Å². The van der Waals surface area contributed by atoms with Gasteiger partial charge in [-0.1, -0.05) is 31.5 Å². The summed E-state index contributed by atoms with van der Waals surface area (Å²) < 4.78 is 5.34. The summed E-state index contributed by atoms with van der Waals surface area (Å²) in [5.41, 5.74) is 1.47. The van der Waals surface area contributed by atoms with Crippen LogP contribution >= 0.6 is 12.4 Å². The van der Waals surface area contributed by atoms with Gasteiger partial charge in [-0.05, 0) is 18.6 Å². The predicted molar refractivity (Wildman–Crippen MR) is 104 cm³/mol. The van der Waals surface area contributed by atoms with Gasteiger partial charge in [-0.15, -0.1) is 12.4 Å². The Kier molecular flexibility index (Phi) is 6.18. The third-order valence-corrected chi connectivity index (χ3v) is 4.06. The molecule has 1 heterocycles. The molecule has 1 unspecified atom stereocenters. The summed E-state index contributed by atoms with van der Waals surface area (Å²) in [6, 6.07) is 10.3. The number of fused-ring (bicyclic) bond motifs is 2. The highest BCUT2D eigenvalue weighted by Gasteiger charge is 2.23. The smallest absolute Gasteiger partial charge is 0.281 e. The first kappa shape index (κ1) is 19.7. The van der Waals surface area contributed by atoms with E-state index in [1.54, 1.807) is 0 Å². The highest BCUT2D eigenvalue weighted by atomic mass is 35.5. The minimum Gasteiger partial charge on any atom is -0.494 e. The van der Waals surface area contributed by atoms with E-state index in [4.69, 9.17) is 4.74 Å². The Bertz CT molecular complexity index is 949. The second kappa shape index (κ2) is 8.16. The van der Waals surface area contributed by atoms with Gasteiger partial charge in [0.2, 0.25) is 0 Å². The Morgan fingerprint density at radius 1 is 1.31 bits per heavy atom. The molecule has 138 valence electrons. The number of methoxy groups -OCH3 is 1. The lowest BCUT2D eigenvalue weighted by atomic mass is 10.0. The molecule has 0 amide bonds. The van der Waals surface area contributed by atoms with Crippen molar-refractivity contribution in [1.82, 2.24) is 4.98 Å². The van der Waals surface area contributed by atoms with Crippen LogP contribution in [0.5, 0.6) is 5.75 Å². The fourth-order valence-corrected chi connectivity index (χ4v) is 2.94. The first-order valence-electron chi connectivity index (χ1n) is 8.05. The molecule has 0 saturated heterocycles. The van der Waals surface area contributed by atoms with Crippen molar-refractivity contribution in [1.29, 1.82) is 0 Å². The third-order valence-electron chi connectivity index (χ3n) is 4.06. The van der Waals surface area contributed by atoms with Gasteiger partial charge in [0.25, 0.3) is 5.69 Å². The van der Waals surface area contributed by atoms with Crippen LogP contribution in [-0.2, 0) is 0 Å². The average Bonchev–Trinajstić information content (AvgIpc) is 2.60. The minimum absolute atomic E-state index is 0. The molecule has 3 rings (SSSR count). The molecule has 26 heavy (non-hydrogen) atoms. The zero-order chi connectivity index (χ0) is 18.0. The molecule has 0 aliphatic heterocycles. The van der Waals surface area contributed by atoms with Gasteiger partial charge in [0.05, 0.1) is 23.2 Å². The molecule has 0 saturated carbocycles. The van der Waals surface area contributed by atoms with Crippen molar-refractivity contribution < 1.29 is 14.8 Å². The Labute approximate surface area is 156 Å². The molecular formula is C18H20ClN3O4. The van der Waals surface area contributed by atoms with E-state index < -0.39 is 11.2 Å². The summed E-state index contributed by atoms with van der Waals surface area (Å²) in [5.74, 6) is 0.444. The van der Waals surface area contributed by atoms with Crippen LogP contribution in [-0.4, -0.2) is 28.4 Å². The van der Waals surface area contributed by atoms with E-state index in [9.17, 15) is 15.2 Å². The molecular weight excluding hydrogens is 358 g/mol. The van der Waals surface area contributed by atoms with Gasteiger partial charge < -0.3 is 15.2 Å². The van der Waals surface area contributed by atoms with Crippen LogP contribution in [0.3, 0.4) is 0 Å². The molecule has 1 aromatic heterocycles. The number of nitrogens with zero attached hydrogens (tertiary/aromatic N) is 2. The van der Waals surface area contributed by atoms with Crippen molar-refractivity contribution in [2.45, 2.75) is 26.0 Å². The standard InChI is InChI=1S/C18H19N3O4.ClH/c1-3-6-15(22)20-17-11-7-4-5-8-12(11)19-18-14(25-2)10-9-13(16(17)18)21(23)24;/h4-5,7-10,15,22H,3,6H2,1-2H3,(H,19,20);1H. The van der Waals surface area contributed by atoms with Crippen molar-refractivity contribution in [2.75, 3.05) is 12.4 Å². The molecule has 0 aliphatic rings. The first-order valence-corrected chi connectivity index (χ1v) is 8.05. The second-order valence-corrected chi connectivity index (χ2v) is 5.72. The van der Waals surface area contributed by atoms with Crippen molar-refractivity contribution in [3.63, 3.8) is 0 Å². The average molecular weight is 378 g/mol. The van der Waals surface area contributed by atoms with Crippen molar-refractivity contribution in [3.05, 3.63) is 46.5 Å². The summed E-state index contributed by atoms with van der Waals surface area (Å²) in [5, 5.41) is 25.9. The summed E-state index contributed by atoms with van der Waals surface area (Å²) in [7, 11) is 1.50. The van der Waals surface area contributed by atoms with Crippen molar-refractivity contribution >= 4 is 45.6 Å². The van der Waals surface area contributed by atoms with E-state index in [2.05, 4.69) is 10.3 Å². The zero-order valence-electron chi connectivity index (χ0n) is 14.4. The zero-order valence-corrected chi connectivity index (χ0v) is 15.2. The lowest BCUT2D eigenvalue weighted by Gasteiger charge is -2.18. The van der Waals surface area contributed by atoms with E-state index in [0.717, 1.165) is 6.42 Å². The Morgan fingerprint density at radius 3 is 2.69 bits per heavy atom. The maximum Gasteiger partial charge on any atom is 0.281 e. The number of non-ortho nitro benzene ring substituents is 1. The van der Waals surface area contributed by atoms with E-state index in [1.165, 1.54) is 19.2 Å². The SMILES string of the molecule is CCCC(O)Nc1c2ccccc2nc2c(OC)ccc([N+](=O)[O-])c12.Cl. The molecule has 3 aromatic rings. The van der Waals surface area contributed by atoms with Crippen molar-refractivity contribution in [2.24, 2.45) is 0 Å². The number of benzene rings is 2. The van der Waals surface area contributed by atoms with Gasteiger partial charge in [-0.25, -0.2) is 4.98 Å². The number of ether oxygens (including phenoxy) is 1. The van der Waals surface area contributed by atoms with Crippen LogP contribution in [0.2, 0.25) is 0 Å². The number of aliphatic hydroxyl groups excluding tert-OH is 1. The number of aromatic nitrogens is 1. The van der Waals surface area contributed by atoms with Crippen molar-refractivity contribution in [3.8, 4) is 5.75 Å². The van der Waals surface area contributed by atoms with E-state index in [0.29, 0.717) is 39.7 Å². The van der Waals surface area contributed by atoms with Gasteiger partial charge in [0.1, 0.15) is 22.9 Å². The first-order chi connectivity index (χ1) is 12.1. The summed E-state index contributed by atoms with van der Waals surface area (Å²) >= 11 is 0. The molecule has 0 spiro atoms. The lowest BCUT2D eigenvalue weighted by molar-refractivity contribution is -0.383. The molecule has 8 heteroatoms. The van der Waals surface area contributed by atoms with E-state index in [-0.39, 0.29) is 18.1 Å². The van der Waals surface area contributed by atoms with Crippen LogP contribution in [0.4, 0.5) is 11.4 Å². The van der Waals surface area contributed by atoms with Gasteiger partial charge in [-0.3, -0.25) is 10.1 Å². The largest absolute Gasteiger partial charge is 0.494 e. The number of nitro groups is 1. The summed E-state index contributed by atoms with van der Waals surface area (Å²) in [6.45, 7) is 1.96. The van der Waals surface area contributed by atoms with Crippen LogP contribution in [0, 0.1) is 10.1 Å². The highest BCUT2D eigenvalue weighted by Crippen LogP contribution is 2.40. The Morgan fingerprint density at radius 2 is 2.04 bits per heavy atom. The minimum atomic E-state index is -0.815. The maximum absolute atomic E-state index is 11.6. The number of hydrogen-bond donors (Lipinski definition) is 2. The number of anilines is 1. The molecule has 0 fully saturated rings. The monoisotopic (exact) mass is 377 g/mol. The number of rotatable bonds is 6. The molecule has 0 aliphatic carbocycles. The predicted octanol–water partition coefficient (Wildman–Crippen LogP) is 4.26. The Hall–Kier alpha value is -2.64. The number of nitro benzene ring substituents is 1. The number of pyridine rings is 1. The number of aliphatic hydroxyl groups is 1. The van der Waals surface area contributed by atoms with E-state index in [1.807, 2.05) is 31.2 Å². The number of halogens is 1. The molecule has 7 nitrogen and oxygen atoms in total. The second-order valence-electron chi connectivity index (χ2n) is 5.72. The normalized spacial score (nSPS) is 11.8. The van der Waals surface area contributed by atoms with E-state index >= 15 is 0 Å². The number of hydrogen-bond acceptors (Lipinski definition) is 6. The summed E-state index contributed by atoms with van der Waals surface area (Å²) in [4.78, 5) is 15.7. The fourth-order valence-electron chi connectivity index (χ4n) is 2.94. The molecule has 2 N–H and O–H groups in total. The van der Waals surface area contributed by atoms with Gasteiger partial charge in [0, 0.05) is 11.5 Å².